The lowest BCUT2D eigenvalue weighted by Crippen LogP contribution is -2.45. The number of imide groups is 1. The van der Waals surface area contributed by atoms with Crippen LogP contribution in [0, 0.1) is 6.92 Å². The maximum absolute atomic E-state index is 13.3. The van der Waals surface area contributed by atoms with Crippen molar-refractivity contribution in [1.82, 2.24) is 15.5 Å². The largest absolute Gasteiger partial charge is 0.343 e. The summed E-state index contributed by atoms with van der Waals surface area (Å²) in [6.07, 6.45) is 0.346. The molecule has 2 unspecified atom stereocenters. The van der Waals surface area contributed by atoms with Gasteiger partial charge in [0, 0.05) is 9.90 Å². The van der Waals surface area contributed by atoms with Crippen LogP contribution < -0.4 is 10.6 Å². The number of hydrogen-bond acceptors (Lipinski definition) is 4. The number of carbonyl (C=O) groups is 3. The first-order valence-electron chi connectivity index (χ1n) is 10.6. The molecule has 4 rings (SSSR count). The smallest absolute Gasteiger partial charge is 0.325 e. The second-order valence-corrected chi connectivity index (χ2v) is 9.43. The lowest BCUT2D eigenvalue weighted by atomic mass is 9.87. The van der Waals surface area contributed by atoms with Crippen LogP contribution in [0.25, 0.3) is 0 Å². The van der Waals surface area contributed by atoms with Gasteiger partial charge in [-0.15, -0.1) is 11.3 Å². The van der Waals surface area contributed by atoms with Crippen LogP contribution in [0.3, 0.4) is 0 Å². The summed E-state index contributed by atoms with van der Waals surface area (Å²) < 4.78 is 0. The molecular weight excluding hydrogens is 458 g/mol. The van der Waals surface area contributed by atoms with E-state index in [9.17, 15) is 14.4 Å². The van der Waals surface area contributed by atoms with Crippen molar-refractivity contribution < 1.29 is 14.4 Å². The summed E-state index contributed by atoms with van der Waals surface area (Å²) in [6.45, 7) is 3.45. The van der Waals surface area contributed by atoms with E-state index >= 15 is 0 Å². The Morgan fingerprint density at radius 1 is 1.12 bits per heavy atom. The van der Waals surface area contributed by atoms with Crippen molar-refractivity contribution in [2.45, 2.75) is 31.8 Å². The Kier molecular flexibility index (Phi) is 6.54. The maximum atomic E-state index is 13.3. The topological polar surface area (TPSA) is 78.5 Å². The molecule has 1 aromatic heterocycles. The highest BCUT2D eigenvalue weighted by molar-refractivity contribution is 7.10. The minimum absolute atomic E-state index is 0.346. The minimum atomic E-state index is -1.22. The van der Waals surface area contributed by atoms with Gasteiger partial charge in [0.05, 0.1) is 6.04 Å². The SMILES string of the molecule is CCC1(c2ccc(Cl)cc2)NC(=O)N(CC(=O)NC(c2ccc(C)cc2)c2cccs2)C1=O. The number of carbonyl (C=O) groups excluding carboxylic acids is 3. The van der Waals surface area contributed by atoms with Crippen LogP contribution in [0.15, 0.2) is 66.0 Å². The molecule has 2 N–H and O–H groups in total. The molecule has 2 heterocycles. The molecule has 8 heteroatoms. The molecule has 0 bridgehead atoms. The van der Waals surface area contributed by atoms with E-state index < -0.39 is 23.4 Å². The summed E-state index contributed by atoms with van der Waals surface area (Å²) in [7, 11) is 0. The fraction of sp³-hybridized carbons (Fsp3) is 0.240. The van der Waals surface area contributed by atoms with E-state index in [4.69, 9.17) is 11.6 Å². The third-order valence-electron chi connectivity index (χ3n) is 5.89. The molecule has 1 aliphatic heterocycles. The van der Waals surface area contributed by atoms with Gasteiger partial charge in [0.2, 0.25) is 5.91 Å². The molecule has 3 aromatic rings. The number of benzene rings is 2. The second kappa shape index (κ2) is 9.37. The number of hydrogen-bond donors (Lipinski definition) is 2. The number of nitrogens with one attached hydrogen (secondary N) is 2. The molecule has 2 aromatic carbocycles. The quantitative estimate of drug-likeness (QED) is 0.477. The summed E-state index contributed by atoms with van der Waals surface area (Å²) >= 11 is 7.52. The van der Waals surface area contributed by atoms with Crippen molar-refractivity contribution in [1.29, 1.82) is 0 Å². The van der Waals surface area contributed by atoms with E-state index in [-0.39, 0.29) is 12.6 Å². The van der Waals surface area contributed by atoms with Gasteiger partial charge in [-0.3, -0.25) is 14.5 Å². The summed E-state index contributed by atoms with van der Waals surface area (Å²) in [6, 6.07) is 17.6. The Hall–Kier alpha value is -3.16. The van der Waals surface area contributed by atoms with Crippen molar-refractivity contribution in [3.8, 4) is 0 Å². The first kappa shape index (κ1) is 23.0. The molecule has 1 fully saturated rings. The molecule has 0 spiro atoms. The molecule has 2 atom stereocenters. The Labute approximate surface area is 201 Å². The highest BCUT2D eigenvalue weighted by Gasteiger charge is 2.51. The molecular formula is C25H24ClN3O3S. The zero-order valence-corrected chi connectivity index (χ0v) is 19.9. The van der Waals surface area contributed by atoms with Gasteiger partial charge in [0.15, 0.2) is 0 Å². The van der Waals surface area contributed by atoms with Gasteiger partial charge < -0.3 is 10.6 Å². The monoisotopic (exact) mass is 481 g/mol. The number of aryl methyl sites for hydroxylation is 1. The van der Waals surface area contributed by atoms with Crippen LogP contribution >= 0.6 is 22.9 Å². The van der Waals surface area contributed by atoms with Crippen LogP contribution in [0.2, 0.25) is 5.02 Å². The van der Waals surface area contributed by atoms with Crippen LogP contribution in [0.5, 0.6) is 0 Å². The Bertz CT molecular complexity index is 1160. The van der Waals surface area contributed by atoms with Crippen LogP contribution in [0.1, 0.15) is 41.0 Å². The van der Waals surface area contributed by atoms with E-state index in [2.05, 4.69) is 10.6 Å². The normalized spacial score (nSPS) is 18.8. The summed E-state index contributed by atoms with van der Waals surface area (Å²) in [5.41, 5.74) is 1.46. The van der Waals surface area contributed by atoms with Gasteiger partial charge in [-0.2, -0.15) is 0 Å². The standard InChI is InChI=1S/C25H24ClN3O3S/c1-3-25(18-10-12-19(26)13-11-18)23(31)29(24(32)28-25)15-21(30)27-22(20-5-4-14-33-20)17-8-6-16(2)7-9-17/h4-14,22H,3,15H2,1-2H3,(H,27,30)(H,28,32). The third kappa shape index (κ3) is 4.51. The van der Waals surface area contributed by atoms with Crippen molar-refractivity contribution in [2.75, 3.05) is 6.54 Å². The minimum Gasteiger partial charge on any atom is -0.343 e. The molecule has 0 saturated carbocycles. The van der Waals surface area contributed by atoms with Crippen molar-refractivity contribution in [3.05, 3.63) is 92.6 Å². The van der Waals surface area contributed by atoms with Crippen molar-refractivity contribution >= 4 is 40.8 Å². The van der Waals surface area contributed by atoms with Crippen LogP contribution in [0.4, 0.5) is 4.79 Å². The average Bonchev–Trinajstić information content (AvgIpc) is 3.42. The predicted octanol–water partition coefficient (Wildman–Crippen LogP) is 4.77. The average molecular weight is 482 g/mol. The lowest BCUT2D eigenvalue weighted by Gasteiger charge is -2.26. The Morgan fingerprint density at radius 3 is 2.42 bits per heavy atom. The molecule has 0 radical (unpaired) electrons. The Balaban J connectivity index is 1.54. The van der Waals surface area contributed by atoms with Gasteiger partial charge in [-0.05, 0) is 48.1 Å². The molecule has 1 aliphatic rings. The molecule has 1 saturated heterocycles. The second-order valence-electron chi connectivity index (χ2n) is 8.01. The maximum Gasteiger partial charge on any atom is 0.325 e. The van der Waals surface area contributed by atoms with Gasteiger partial charge in [-0.1, -0.05) is 66.6 Å². The van der Waals surface area contributed by atoms with E-state index in [1.54, 1.807) is 24.3 Å². The number of rotatable bonds is 7. The first-order valence-corrected chi connectivity index (χ1v) is 11.9. The molecule has 33 heavy (non-hydrogen) atoms. The number of urea groups is 1. The molecule has 6 nitrogen and oxygen atoms in total. The van der Waals surface area contributed by atoms with Gasteiger partial charge in [0.25, 0.3) is 5.91 Å². The number of halogens is 1. The summed E-state index contributed by atoms with van der Waals surface area (Å²) in [5.74, 6) is -0.865. The highest BCUT2D eigenvalue weighted by Crippen LogP contribution is 2.33. The number of amides is 4. The van der Waals surface area contributed by atoms with Gasteiger partial charge in [-0.25, -0.2) is 4.79 Å². The van der Waals surface area contributed by atoms with E-state index in [0.717, 1.165) is 20.9 Å². The zero-order valence-electron chi connectivity index (χ0n) is 18.3. The van der Waals surface area contributed by atoms with Crippen molar-refractivity contribution in [2.24, 2.45) is 0 Å². The fourth-order valence-corrected chi connectivity index (χ4v) is 4.96. The van der Waals surface area contributed by atoms with Crippen molar-refractivity contribution in [3.63, 3.8) is 0 Å². The molecule has 170 valence electrons. The van der Waals surface area contributed by atoms with E-state index in [1.807, 2.05) is 55.6 Å². The number of nitrogens with zero attached hydrogens (tertiary/aromatic N) is 1. The highest BCUT2D eigenvalue weighted by atomic mass is 35.5. The van der Waals surface area contributed by atoms with E-state index in [1.165, 1.54) is 11.3 Å². The fourth-order valence-electron chi connectivity index (χ4n) is 4.03. The summed E-state index contributed by atoms with van der Waals surface area (Å²) in [4.78, 5) is 41.1. The third-order valence-corrected chi connectivity index (χ3v) is 7.08. The lowest BCUT2D eigenvalue weighted by molar-refractivity contribution is -0.135. The van der Waals surface area contributed by atoms with Gasteiger partial charge >= 0.3 is 6.03 Å². The predicted molar refractivity (Wildman–Crippen MR) is 129 cm³/mol. The first-order chi connectivity index (χ1) is 15.8. The molecule has 0 aliphatic carbocycles. The summed E-state index contributed by atoms with van der Waals surface area (Å²) in [5, 5.41) is 8.27. The van der Waals surface area contributed by atoms with Gasteiger partial charge in [0.1, 0.15) is 12.1 Å². The molecule has 4 amide bonds. The zero-order chi connectivity index (χ0) is 23.6. The number of thiophene rings is 1. The van der Waals surface area contributed by atoms with E-state index in [0.29, 0.717) is 17.0 Å². The van der Waals surface area contributed by atoms with Crippen LogP contribution in [-0.2, 0) is 15.1 Å². The van der Waals surface area contributed by atoms with Crippen LogP contribution in [-0.4, -0.2) is 29.3 Å². The Morgan fingerprint density at radius 2 is 1.82 bits per heavy atom.